The first kappa shape index (κ1) is 16.4. The van der Waals surface area contributed by atoms with Crippen molar-refractivity contribution in [1.82, 2.24) is 9.97 Å². The summed E-state index contributed by atoms with van der Waals surface area (Å²) in [5.74, 6) is 1.22. The summed E-state index contributed by atoms with van der Waals surface area (Å²) in [6, 6.07) is 10.6. The maximum Gasteiger partial charge on any atom is 0.166 e. The van der Waals surface area contributed by atoms with Crippen molar-refractivity contribution in [3.8, 4) is 16.9 Å². The Kier molecular flexibility index (Phi) is 4.74. The van der Waals surface area contributed by atoms with Crippen LogP contribution in [-0.4, -0.2) is 9.97 Å². The minimum absolute atomic E-state index is 0.255. The fraction of sp³-hybridized carbons (Fsp3) is 0.0588. The van der Waals surface area contributed by atoms with Crippen LogP contribution in [0.1, 0.15) is 5.56 Å². The van der Waals surface area contributed by atoms with Gasteiger partial charge < -0.3 is 16.2 Å². The second kappa shape index (κ2) is 6.95. The Morgan fingerprint density at radius 1 is 0.917 bits per heavy atom. The summed E-state index contributed by atoms with van der Waals surface area (Å²) in [6.45, 7) is 0.255. The molecule has 3 rings (SSSR count). The van der Waals surface area contributed by atoms with E-state index in [1.165, 1.54) is 0 Å². The minimum Gasteiger partial charge on any atom is -0.485 e. The summed E-state index contributed by atoms with van der Waals surface area (Å²) in [7, 11) is 0. The van der Waals surface area contributed by atoms with Gasteiger partial charge >= 0.3 is 0 Å². The molecule has 0 aliphatic carbocycles. The molecule has 0 aliphatic rings. The number of nitrogens with zero attached hydrogens (tertiary/aromatic N) is 2. The zero-order valence-corrected chi connectivity index (χ0v) is 14.1. The number of anilines is 2. The van der Waals surface area contributed by atoms with Crippen molar-refractivity contribution in [3.05, 3.63) is 64.4 Å². The van der Waals surface area contributed by atoms with Gasteiger partial charge in [-0.25, -0.2) is 9.97 Å². The van der Waals surface area contributed by atoms with Crippen molar-refractivity contribution in [1.29, 1.82) is 0 Å². The topological polar surface area (TPSA) is 87.0 Å². The van der Waals surface area contributed by atoms with Gasteiger partial charge in [0.05, 0.1) is 0 Å². The number of benzene rings is 1. The molecular weight excluding hydrogens is 347 g/mol. The quantitative estimate of drug-likeness (QED) is 0.727. The van der Waals surface area contributed by atoms with E-state index in [1.807, 2.05) is 12.1 Å². The van der Waals surface area contributed by atoms with Gasteiger partial charge in [-0.1, -0.05) is 29.3 Å². The van der Waals surface area contributed by atoms with Crippen molar-refractivity contribution in [2.45, 2.75) is 6.61 Å². The predicted molar refractivity (Wildman–Crippen MR) is 97.1 cm³/mol. The number of nitrogens with two attached hydrogens (primary N) is 2. The first-order chi connectivity index (χ1) is 11.5. The Morgan fingerprint density at radius 2 is 1.71 bits per heavy atom. The lowest BCUT2D eigenvalue weighted by atomic mass is 10.1. The summed E-state index contributed by atoms with van der Waals surface area (Å²) < 4.78 is 5.77. The normalized spacial score (nSPS) is 10.6. The van der Waals surface area contributed by atoms with E-state index in [1.54, 1.807) is 36.7 Å². The van der Waals surface area contributed by atoms with Crippen LogP contribution in [0, 0.1) is 0 Å². The maximum atomic E-state index is 6.15. The Bertz CT molecular complexity index is 869. The average molecular weight is 361 g/mol. The second-order valence-electron chi connectivity index (χ2n) is 5.10. The zero-order valence-electron chi connectivity index (χ0n) is 12.5. The standard InChI is InChI=1S/C17H14Cl2N4O/c18-13-3-1-11(14(19)6-13)9-24-15-5-12(8-23-17(15)21)10-2-4-16(20)22-7-10/h1-8H,9H2,(H2,20,22)(H2,21,23). The van der Waals surface area contributed by atoms with Crippen LogP contribution >= 0.6 is 23.2 Å². The smallest absolute Gasteiger partial charge is 0.166 e. The van der Waals surface area contributed by atoms with Gasteiger partial charge in [-0.3, -0.25) is 0 Å². The van der Waals surface area contributed by atoms with Crippen LogP contribution in [-0.2, 0) is 6.61 Å². The molecule has 0 atom stereocenters. The van der Waals surface area contributed by atoms with Crippen molar-refractivity contribution >= 4 is 34.8 Å². The fourth-order valence-electron chi connectivity index (χ4n) is 2.10. The molecule has 0 aliphatic heterocycles. The van der Waals surface area contributed by atoms with E-state index in [-0.39, 0.29) is 6.61 Å². The van der Waals surface area contributed by atoms with E-state index >= 15 is 0 Å². The largest absolute Gasteiger partial charge is 0.485 e. The van der Waals surface area contributed by atoms with Crippen molar-refractivity contribution < 1.29 is 4.74 Å². The predicted octanol–water partition coefficient (Wildman–Crippen LogP) is 4.19. The van der Waals surface area contributed by atoms with E-state index in [0.29, 0.717) is 27.4 Å². The summed E-state index contributed by atoms with van der Waals surface area (Å²) in [4.78, 5) is 8.24. The number of aromatic nitrogens is 2. The molecule has 0 saturated carbocycles. The molecule has 0 unspecified atom stereocenters. The SMILES string of the molecule is Nc1ccc(-c2cnc(N)c(OCc3ccc(Cl)cc3Cl)c2)cn1. The van der Waals surface area contributed by atoms with Gasteiger partial charge in [0.15, 0.2) is 11.6 Å². The molecule has 0 spiro atoms. The molecule has 2 aromatic heterocycles. The van der Waals surface area contributed by atoms with Gasteiger partial charge in [0.25, 0.3) is 0 Å². The number of nitrogen functional groups attached to an aromatic ring is 2. The summed E-state index contributed by atoms with van der Waals surface area (Å²) >= 11 is 12.0. The number of hydrogen-bond donors (Lipinski definition) is 2. The number of ether oxygens (including phenoxy) is 1. The van der Waals surface area contributed by atoms with Crippen LogP contribution in [0.5, 0.6) is 5.75 Å². The third-order valence-electron chi connectivity index (χ3n) is 3.40. The Morgan fingerprint density at radius 3 is 2.42 bits per heavy atom. The van der Waals surface area contributed by atoms with Gasteiger partial charge in [0.2, 0.25) is 0 Å². The molecule has 2 heterocycles. The highest BCUT2D eigenvalue weighted by molar-refractivity contribution is 6.35. The van der Waals surface area contributed by atoms with E-state index in [4.69, 9.17) is 39.4 Å². The highest BCUT2D eigenvalue weighted by atomic mass is 35.5. The summed E-state index contributed by atoms with van der Waals surface area (Å²) in [6.07, 6.45) is 3.33. The summed E-state index contributed by atoms with van der Waals surface area (Å²) in [5.41, 5.74) is 14.0. The first-order valence-corrected chi connectivity index (χ1v) is 7.82. The molecule has 0 radical (unpaired) electrons. The molecule has 0 fully saturated rings. The molecule has 0 saturated heterocycles. The molecule has 3 aromatic rings. The molecular formula is C17H14Cl2N4O. The van der Waals surface area contributed by atoms with Gasteiger partial charge in [0, 0.05) is 39.1 Å². The lowest BCUT2D eigenvalue weighted by Gasteiger charge is -2.11. The van der Waals surface area contributed by atoms with Gasteiger partial charge in [-0.2, -0.15) is 0 Å². The second-order valence-corrected chi connectivity index (χ2v) is 5.95. The van der Waals surface area contributed by atoms with Crippen molar-refractivity contribution in [2.75, 3.05) is 11.5 Å². The lowest BCUT2D eigenvalue weighted by molar-refractivity contribution is 0.307. The molecule has 7 heteroatoms. The zero-order chi connectivity index (χ0) is 17.1. The number of rotatable bonds is 4. The molecule has 0 bridgehead atoms. The average Bonchev–Trinajstić information content (AvgIpc) is 2.56. The highest BCUT2D eigenvalue weighted by Crippen LogP contribution is 2.29. The third-order valence-corrected chi connectivity index (χ3v) is 3.99. The van der Waals surface area contributed by atoms with Gasteiger partial charge in [-0.15, -0.1) is 0 Å². The fourth-order valence-corrected chi connectivity index (χ4v) is 2.56. The van der Waals surface area contributed by atoms with Gasteiger partial charge in [0.1, 0.15) is 12.4 Å². The van der Waals surface area contributed by atoms with Gasteiger partial charge in [-0.05, 0) is 30.3 Å². The Balaban J connectivity index is 1.82. The van der Waals surface area contributed by atoms with Crippen LogP contribution in [0.4, 0.5) is 11.6 Å². The van der Waals surface area contributed by atoms with Crippen LogP contribution < -0.4 is 16.2 Å². The Hall–Kier alpha value is -2.50. The number of pyridine rings is 2. The molecule has 1 aromatic carbocycles. The van der Waals surface area contributed by atoms with Crippen LogP contribution in [0.25, 0.3) is 11.1 Å². The van der Waals surface area contributed by atoms with Crippen molar-refractivity contribution in [2.24, 2.45) is 0 Å². The molecule has 24 heavy (non-hydrogen) atoms. The van der Waals surface area contributed by atoms with E-state index in [2.05, 4.69) is 9.97 Å². The van der Waals surface area contributed by atoms with Crippen LogP contribution in [0.3, 0.4) is 0 Å². The highest BCUT2D eigenvalue weighted by Gasteiger charge is 2.08. The van der Waals surface area contributed by atoms with E-state index in [0.717, 1.165) is 16.7 Å². The first-order valence-electron chi connectivity index (χ1n) is 7.07. The minimum atomic E-state index is 0.255. The lowest BCUT2D eigenvalue weighted by Crippen LogP contribution is -2.01. The van der Waals surface area contributed by atoms with Crippen LogP contribution in [0.15, 0.2) is 48.8 Å². The maximum absolute atomic E-state index is 6.15. The molecule has 0 amide bonds. The summed E-state index contributed by atoms with van der Waals surface area (Å²) in [5, 5.41) is 1.11. The monoisotopic (exact) mass is 360 g/mol. The molecule has 122 valence electrons. The number of halogens is 2. The molecule has 4 N–H and O–H groups in total. The third kappa shape index (κ3) is 3.69. The Labute approximate surface area is 149 Å². The van der Waals surface area contributed by atoms with E-state index in [9.17, 15) is 0 Å². The van der Waals surface area contributed by atoms with Crippen molar-refractivity contribution in [3.63, 3.8) is 0 Å². The molecule has 5 nitrogen and oxygen atoms in total. The number of hydrogen-bond acceptors (Lipinski definition) is 5. The van der Waals surface area contributed by atoms with E-state index < -0.39 is 0 Å². The van der Waals surface area contributed by atoms with Crippen LogP contribution in [0.2, 0.25) is 10.0 Å².